The van der Waals surface area contributed by atoms with Gasteiger partial charge >= 0.3 is 6.18 Å². The summed E-state index contributed by atoms with van der Waals surface area (Å²) < 4.78 is 43.5. The first kappa shape index (κ1) is 16.1. The Morgan fingerprint density at radius 1 is 1.33 bits per heavy atom. The number of hydrogen-bond donors (Lipinski definition) is 1. The molecule has 1 aromatic rings. The van der Waals surface area contributed by atoms with Gasteiger partial charge in [-0.2, -0.15) is 13.2 Å². The van der Waals surface area contributed by atoms with Crippen LogP contribution in [0, 0.1) is 5.92 Å². The zero-order valence-electron chi connectivity index (χ0n) is 12.0. The van der Waals surface area contributed by atoms with Crippen LogP contribution in [-0.4, -0.2) is 22.9 Å². The third kappa shape index (κ3) is 3.87. The molecule has 1 N–H and O–H groups in total. The van der Waals surface area contributed by atoms with Crippen molar-refractivity contribution in [3.63, 3.8) is 0 Å². The minimum atomic E-state index is -4.17. The Morgan fingerprint density at radius 3 is 2.57 bits per heavy atom. The molecule has 118 valence electrons. The Morgan fingerprint density at radius 2 is 2.00 bits per heavy atom. The Balaban J connectivity index is 2.08. The number of halogens is 3. The molecule has 1 heterocycles. The lowest BCUT2D eigenvalue weighted by atomic mass is 9.75. The van der Waals surface area contributed by atoms with Crippen LogP contribution in [0.4, 0.5) is 13.2 Å². The van der Waals surface area contributed by atoms with Crippen molar-refractivity contribution >= 4 is 0 Å². The van der Waals surface area contributed by atoms with Gasteiger partial charge < -0.3 is 9.84 Å². The van der Waals surface area contributed by atoms with Crippen molar-refractivity contribution in [1.82, 2.24) is 4.98 Å². The molecule has 0 amide bonds. The highest BCUT2D eigenvalue weighted by atomic mass is 19.4. The van der Waals surface area contributed by atoms with Crippen LogP contribution in [-0.2, 0) is 5.60 Å². The van der Waals surface area contributed by atoms with Crippen LogP contribution in [0.3, 0.4) is 0 Å². The highest BCUT2D eigenvalue weighted by molar-refractivity contribution is 5.28. The van der Waals surface area contributed by atoms with Gasteiger partial charge in [0, 0.05) is 11.8 Å². The second-order valence-corrected chi connectivity index (χ2v) is 5.61. The van der Waals surface area contributed by atoms with E-state index in [1.54, 1.807) is 12.3 Å². The second kappa shape index (κ2) is 6.22. The maximum Gasteiger partial charge on any atom is 0.391 e. The maximum absolute atomic E-state index is 12.7. The fourth-order valence-electron chi connectivity index (χ4n) is 2.68. The van der Waals surface area contributed by atoms with Crippen molar-refractivity contribution in [1.29, 1.82) is 0 Å². The molecule has 0 bridgehead atoms. The molecule has 1 saturated carbocycles. The van der Waals surface area contributed by atoms with Crippen molar-refractivity contribution in [2.45, 2.75) is 50.8 Å². The Kier molecular flexibility index (Phi) is 4.76. The molecule has 0 aromatic carbocycles. The zero-order valence-corrected chi connectivity index (χ0v) is 12.0. The molecule has 0 radical (unpaired) electrons. The monoisotopic (exact) mass is 303 g/mol. The predicted octanol–water partition coefficient (Wildman–Crippen LogP) is 3.81. The highest BCUT2D eigenvalue weighted by Crippen LogP contribution is 2.45. The lowest BCUT2D eigenvalue weighted by Crippen LogP contribution is -2.36. The SMILES string of the molecule is CCCOc1cncc(C2(O)CCC(C(F)(F)F)CC2)c1. The van der Waals surface area contributed by atoms with Crippen molar-refractivity contribution in [2.75, 3.05) is 6.61 Å². The second-order valence-electron chi connectivity index (χ2n) is 5.61. The number of rotatable bonds is 4. The first-order chi connectivity index (χ1) is 9.85. The van der Waals surface area contributed by atoms with Gasteiger partial charge in [-0.3, -0.25) is 4.98 Å². The summed E-state index contributed by atoms with van der Waals surface area (Å²) in [5.74, 6) is -0.772. The fraction of sp³-hybridized carbons (Fsp3) is 0.667. The number of alkyl halides is 3. The van der Waals surface area contributed by atoms with Crippen LogP contribution in [0.1, 0.15) is 44.6 Å². The summed E-state index contributed by atoms with van der Waals surface area (Å²) >= 11 is 0. The fourth-order valence-corrected chi connectivity index (χ4v) is 2.68. The molecular weight excluding hydrogens is 283 g/mol. The van der Waals surface area contributed by atoms with Crippen LogP contribution in [0.5, 0.6) is 5.75 Å². The van der Waals surface area contributed by atoms with Gasteiger partial charge in [0.05, 0.1) is 24.3 Å². The van der Waals surface area contributed by atoms with Crippen LogP contribution in [0.15, 0.2) is 18.5 Å². The molecule has 0 unspecified atom stereocenters. The van der Waals surface area contributed by atoms with E-state index in [1.165, 1.54) is 6.20 Å². The molecule has 0 aliphatic heterocycles. The Bertz CT molecular complexity index is 468. The Hall–Kier alpha value is -1.30. The molecule has 21 heavy (non-hydrogen) atoms. The number of aliphatic hydroxyl groups is 1. The van der Waals surface area contributed by atoms with Gasteiger partial charge in [0.1, 0.15) is 5.75 Å². The number of pyridine rings is 1. The topological polar surface area (TPSA) is 42.4 Å². The van der Waals surface area contributed by atoms with Crippen molar-refractivity contribution < 1.29 is 23.0 Å². The van der Waals surface area contributed by atoms with Gasteiger partial charge in [-0.1, -0.05) is 6.92 Å². The van der Waals surface area contributed by atoms with Gasteiger partial charge in [0.2, 0.25) is 0 Å². The molecule has 1 fully saturated rings. The van der Waals surface area contributed by atoms with E-state index in [4.69, 9.17) is 4.74 Å². The average molecular weight is 303 g/mol. The third-order valence-corrected chi connectivity index (χ3v) is 4.00. The van der Waals surface area contributed by atoms with Gasteiger partial charge in [-0.05, 0) is 38.2 Å². The average Bonchev–Trinajstić information content (AvgIpc) is 2.45. The summed E-state index contributed by atoms with van der Waals surface area (Å²) in [6, 6.07) is 1.68. The van der Waals surface area contributed by atoms with Crippen molar-refractivity contribution in [2.24, 2.45) is 5.92 Å². The van der Waals surface area contributed by atoms with E-state index in [-0.39, 0.29) is 25.7 Å². The van der Waals surface area contributed by atoms with E-state index in [9.17, 15) is 18.3 Å². The molecule has 0 spiro atoms. The largest absolute Gasteiger partial charge is 0.492 e. The molecule has 1 aliphatic rings. The molecule has 2 rings (SSSR count). The highest BCUT2D eigenvalue weighted by Gasteiger charge is 2.45. The molecular formula is C15H20F3NO2. The smallest absolute Gasteiger partial charge is 0.391 e. The standard InChI is InChI=1S/C15H20F3NO2/c1-2-7-21-13-8-12(9-19-10-13)14(20)5-3-11(4-6-14)15(16,17)18/h8-11,20H,2-7H2,1H3. The van der Waals surface area contributed by atoms with Crippen molar-refractivity contribution in [3.05, 3.63) is 24.0 Å². The van der Waals surface area contributed by atoms with Gasteiger partial charge in [-0.25, -0.2) is 0 Å². The first-order valence-electron chi connectivity index (χ1n) is 7.22. The number of aromatic nitrogens is 1. The number of nitrogens with zero attached hydrogens (tertiary/aromatic N) is 1. The third-order valence-electron chi connectivity index (χ3n) is 4.00. The van der Waals surface area contributed by atoms with E-state index in [0.29, 0.717) is 17.9 Å². The van der Waals surface area contributed by atoms with Crippen LogP contribution in [0.2, 0.25) is 0 Å². The van der Waals surface area contributed by atoms with Crippen LogP contribution < -0.4 is 4.74 Å². The maximum atomic E-state index is 12.7. The Labute approximate surface area is 122 Å². The lowest BCUT2D eigenvalue weighted by Gasteiger charge is -2.36. The van der Waals surface area contributed by atoms with Gasteiger partial charge in [0.25, 0.3) is 0 Å². The summed E-state index contributed by atoms with van der Waals surface area (Å²) in [5, 5.41) is 10.6. The van der Waals surface area contributed by atoms with Crippen LogP contribution in [0.25, 0.3) is 0 Å². The van der Waals surface area contributed by atoms with Gasteiger partial charge in [0.15, 0.2) is 0 Å². The number of ether oxygens (including phenoxy) is 1. The van der Waals surface area contributed by atoms with E-state index in [2.05, 4.69) is 4.98 Å². The minimum Gasteiger partial charge on any atom is -0.492 e. The molecule has 3 nitrogen and oxygen atoms in total. The molecule has 0 atom stereocenters. The summed E-state index contributed by atoms with van der Waals surface area (Å²) in [4.78, 5) is 4.02. The van der Waals surface area contributed by atoms with E-state index < -0.39 is 17.7 Å². The molecule has 1 aliphatic carbocycles. The van der Waals surface area contributed by atoms with Gasteiger partial charge in [-0.15, -0.1) is 0 Å². The summed E-state index contributed by atoms with van der Waals surface area (Å²) in [5.41, 5.74) is -0.697. The number of hydrogen-bond acceptors (Lipinski definition) is 3. The summed E-state index contributed by atoms with van der Waals surface area (Å²) in [6.45, 7) is 2.52. The summed E-state index contributed by atoms with van der Waals surface area (Å²) in [7, 11) is 0. The first-order valence-corrected chi connectivity index (χ1v) is 7.22. The zero-order chi connectivity index (χ0) is 15.5. The summed E-state index contributed by atoms with van der Waals surface area (Å²) in [6.07, 6.45) is -0.198. The van der Waals surface area contributed by atoms with Crippen molar-refractivity contribution in [3.8, 4) is 5.75 Å². The van der Waals surface area contributed by atoms with E-state index in [0.717, 1.165) is 6.42 Å². The predicted molar refractivity (Wildman–Crippen MR) is 71.9 cm³/mol. The minimum absolute atomic E-state index is 0.0555. The van der Waals surface area contributed by atoms with E-state index >= 15 is 0 Å². The van der Waals surface area contributed by atoms with Crippen LogP contribution >= 0.6 is 0 Å². The lowest BCUT2D eigenvalue weighted by molar-refractivity contribution is -0.193. The van der Waals surface area contributed by atoms with E-state index in [1.807, 2.05) is 6.92 Å². The quantitative estimate of drug-likeness (QED) is 0.919. The normalized spacial score (nSPS) is 26.6. The molecule has 0 saturated heterocycles. The molecule has 1 aromatic heterocycles. The molecule has 6 heteroatoms.